The Morgan fingerprint density at radius 1 is 1.44 bits per heavy atom. The second-order valence-corrected chi connectivity index (χ2v) is 2.62. The highest BCUT2D eigenvalue weighted by molar-refractivity contribution is 5.07. The van der Waals surface area contributed by atoms with E-state index in [1.165, 1.54) is 0 Å². The molecule has 3 nitrogen and oxygen atoms in total. The Morgan fingerprint density at radius 3 is 2.67 bits per heavy atom. The number of hydrogen-bond acceptors (Lipinski definition) is 3. The first-order valence-corrected chi connectivity index (χ1v) is 3.34. The lowest BCUT2D eigenvalue weighted by Crippen LogP contribution is -2.64. The van der Waals surface area contributed by atoms with Gasteiger partial charge in [0.2, 0.25) is 0 Å². The molecule has 0 aromatic carbocycles. The van der Waals surface area contributed by atoms with Crippen LogP contribution >= 0.6 is 0 Å². The Bertz CT molecular complexity index is 104. The second kappa shape index (κ2) is 1.94. The summed E-state index contributed by atoms with van der Waals surface area (Å²) >= 11 is 0. The van der Waals surface area contributed by atoms with Crippen LogP contribution in [0.15, 0.2) is 0 Å². The maximum atomic E-state index is 5.52. The number of morpholine rings is 1. The molecule has 1 radical (unpaired) electrons. The van der Waals surface area contributed by atoms with Crippen molar-refractivity contribution in [1.82, 2.24) is 10.6 Å². The third kappa shape index (κ3) is 0.852. The summed E-state index contributed by atoms with van der Waals surface area (Å²) in [6, 6.07) is 0. The summed E-state index contributed by atoms with van der Waals surface area (Å²) in [6.45, 7) is 5.81. The van der Waals surface area contributed by atoms with Crippen molar-refractivity contribution in [3.05, 3.63) is 6.54 Å². The summed E-state index contributed by atoms with van der Waals surface area (Å²) in [4.78, 5) is 0. The molecule has 0 bridgehead atoms. The molecule has 3 heteroatoms. The van der Waals surface area contributed by atoms with Crippen LogP contribution in [0, 0.1) is 6.54 Å². The van der Waals surface area contributed by atoms with Gasteiger partial charge in [0.05, 0.1) is 13.2 Å². The number of ether oxygens (including phenoxy) is 1. The summed E-state index contributed by atoms with van der Waals surface area (Å²) < 4.78 is 5.52. The molecule has 0 aliphatic carbocycles. The fourth-order valence-electron chi connectivity index (χ4n) is 1.21. The second-order valence-electron chi connectivity index (χ2n) is 2.62. The molecule has 2 rings (SSSR count). The highest BCUT2D eigenvalue weighted by Gasteiger charge is 2.39. The molecule has 2 fully saturated rings. The van der Waals surface area contributed by atoms with E-state index in [9.17, 15) is 0 Å². The van der Waals surface area contributed by atoms with Crippen molar-refractivity contribution in [1.29, 1.82) is 0 Å². The summed E-state index contributed by atoms with van der Waals surface area (Å²) in [5.74, 6) is 0. The minimum atomic E-state index is 0.0538. The predicted molar refractivity (Wildman–Crippen MR) is 33.9 cm³/mol. The van der Waals surface area contributed by atoms with Gasteiger partial charge in [-0.05, 0) is 0 Å². The molecular weight excluding hydrogens is 116 g/mol. The van der Waals surface area contributed by atoms with Crippen LogP contribution in [0.2, 0.25) is 0 Å². The first-order chi connectivity index (χ1) is 4.41. The highest BCUT2D eigenvalue weighted by atomic mass is 16.5. The maximum Gasteiger partial charge on any atom is 0.110 e. The smallest absolute Gasteiger partial charge is 0.110 e. The third-order valence-electron chi connectivity index (χ3n) is 1.86. The lowest BCUT2D eigenvalue weighted by Gasteiger charge is -2.44. The summed E-state index contributed by atoms with van der Waals surface area (Å²) in [5.41, 5.74) is 0.0538. The Balaban J connectivity index is 1.93. The van der Waals surface area contributed by atoms with Crippen molar-refractivity contribution in [3.8, 4) is 0 Å². The average molecular weight is 127 g/mol. The van der Waals surface area contributed by atoms with E-state index in [0.29, 0.717) is 0 Å². The first kappa shape index (κ1) is 5.65. The molecule has 51 valence electrons. The maximum absolute atomic E-state index is 5.52. The monoisotopic (exact) mass is 127 g/mol. The van der Waals surface area contributed by atoms with Crippen LogP contribution in [0.4, 0.5) is 0 Å². The molecule has 1 unspecified atom stereocenters. The van der Waals surface area contributed by atoms with E-state index in [1.807, 2.05) is 6.54 Å². The van der Waals surface area contributed by atoms with Gasteiger partial charge in [0.25, 0.3) is 0 Å². The van der Waals surface area contributed by atoms with Crippen LogP contribution in [0.1, 0.15) is 0 Å². The SMILES string of the molecule is [CH]1NCC12CNCCO2. The molecular formula is C6H11N2O. The summed E-state index contributed by atoms with van der Waals surface area (Å²) in [6.07, 6.45) is 0. The van der Waals surface area contributed by atoms with Gasteiger partial charge in [-0.15, -0.1) is 0 Å². The van der Waals surface area contributed by atoms with E-state index in [2.05, 4.69) is 10.6 Å². The van der Waals surface area contributed by atoms with Gasteiger partial charge in [-0.1, -0.05) is 0 Å². The number of hydrogen-bond donors (Lipinski definition) is 2. The first-order valence-electron chi connectivity index (χ1n) is 3.34. The molecule has 0 aromatic heterocycles. The van der Waals surface area contributed by atoms with Crippen molar-refractivity contribution in [2.24, 2.45) is 0 Å². The van der Waals surface area contributed by atoms with E-state index in [4.69, 9.17) is 4.74 Å². The van der Waals surface area contributed by atoms with Gasteiger partial charge in [0, 0.05) is 19.6 Å². The lowest BCUT2D eigenvalue weighted by atomic mass is 9.96. The van der Waals surface area contributed by atoms with E-state index in [-0.39, 0.29) is 5.60 Å². The fraction of sp³-hybridized carbons (Fsp3) is 0.833. The molecule has 1 atom stereocenters. The van der Waals surface area contributed by atoms with Crippen molar-refractivity contribution in [2.45, 2.75) is 5.60 Å². The Labute approximate surface area is 54.8 Å². The van der Waals surface area contributed by atoms with Gasteiger partial charge < -0.3 is 15.4 Å². The van der Waals surface area contributed by atoms with Crippen molar-refractivity contribution >= 4 is 0 Å². The van der Waals surface area contributed by atoms with E-state index >= 15 is 0 Å². The van der Waals surface area contributed by atoms with Gasteiger partial charge in [-0.3, -0.25) is 0 Å². The highest BCUT2D eigenvalue weighted by Crippen LogP contribution is 2.20. The molecule has 2 N–H and O–H groups in total. The van der Waals surface area contributed by atoms with Crippen molar-refractivity contribution in [2.75, 3.05) is 26.2 Å². The standard InChI is InChI=1S/C6H11N2O/c1-2-9-6(3-7-1)4-8-5-6/h4,7-8H,1-3,5H2. The zero-order chi connectivity index (χ0) is 6.16. The summed E-state index contributed by atoms with van der Waals surface area (Å²) in [7, 11) is 0. The topological polar surface area (TPSA) is 33.3 Å². The molecule has 0 amide bonds. The molecule has 2 saturated heterocycles. The number of rotatable bonds is 0. The molecule has 2 aliphatic heterocycles. The van der Waals surface area contributed by atoms with Crippen molar-refractivity contribution in [3.63, 3.8) is 0 Å². The lowest BCUT2D eigenvalue weighted by molar-refractivity contribution is -0.0729. The van der Waals surface area contributed by atoms with Crippen LogP contribution in [-0.2, 0) is 4.74 Å². The molecule has 2 aliphatic rings. The van der Waals surface area contributed by atoms with Gasteiger partial charge in [-0.25, -0.2) is 0 Å². The van der Waals surface area contributed by atoms with Crippen LogP contribution in [0.5, 0.6) is 0 Å². The molecule has 1 spiro atoms. The quantitative estimate of drug-likeness (QED) is 0.443. The minimum absolute atomic E-state index is 0.0538. The van der Waals surface area contributed by atoms with Gasteiger partial charge in [0.15, 0.2) is 0 Å². The molecule has 0 aromatic rings. The van der Waals surface area contributed by atoms with Crippen LogP contribution in [0.3, 0.4) is 0 Å². The zero-order valence-corrected chi connectivity index (χ0v) is 5.31. The third-order valence-corrected chi connectivity index (χ3v) is 1.86. The van der Waals surface area contributed by atoms with E-state index in [1.54, 1.807) is 0 Å². The normalized spacial score (nSPS) is 32.0. The number of nitrogens with one attached hydrogen (secondary N) is 2. The van der Waals surface area contributed by atoms with Crippen LogP contribution in [-0.4, -0.2) is 31.8 Å². The average Bonchev–Trinajstić information content (AvgIpc) is 1.87. The molecule has 2 heterocycles. The fourth-order valence-corrected chi connectivity index (χ4v) is 1.21. The van der Waals surface area contributed by atoms with Crippen molar-refractivity contribution < 1.29 is 4.74 Å². The Morgan fingerprint density at radius 2 is 2.33 bits per heavy atom. The molecule has 9 heavy (non-hydrogen) atoms. The largest absolute Gasteiger partial charge is 0.369 e. The predicted octanol–water partition coefficient (Wildman–Crippen LogP) is -0.890. The zero-order valence-electron chi connectivity index (χ0n) is 5.31. The van der Waals surface area contributed by atoms with Gasteiger partial charge in [0.1, 0.15) is 5.60 Å². The summed E-state index contributed by atoms with van der Waals surface area (Å²) in [5, 5.41) is 6.36. The molecule has 0 saturated carbocycles. The van der Waals surface area contributed by atoms with E-state index < -0.39 is 0 Å². The van der Waals surface area contributed by atoms with Crippen LogP contribution < -0.4 is 10.6 Å². The van der Waals surface area contributed by atoms with Crippen LogP contribution in [0.25, 0.3) is 0 Å². The van der Waals surface area contributed by atoms with E-state index in [0.717, 1.165) is 26.2 Å². The van der Waals surface area contributed by atoms with Gasteiger partial charge in [-0.2, -0.15) is 0 Å². The Hall–Kier alpha value is -0.120. The van der Waals surface area contributed by atoms with Gasteiger partial charge >= 0.3 is 0 Å². The Kier molecular flexibility index (Phi) is 1.22. The minimum Gasteiger partial charge on any atom is -0.369 e.